The molecule has 6 rings (SSSR count). The van der Waals surface area contributed by atoms with Gasteiger partial charge in [-0.15, -0.1) is 0 Å². The molecule has 1 aliphatic carbocycles. The summed E-state index contributed by atoms with van der Waals surface area (Å²) in [4.78, 5) is 38.4. The molecule has 0 spiro atoms. The van der Waals surface area contributed by atoms with Gasteiger partial charge in [-0.1, -0.05) is 36.4 Å². The molecule has 0 amide bonds. The molecule has 7 nitrogen and oxygen atoms in total. The highest BCUT2D eigenvalue weighted by Gasteiger charge is 2.36. The lowest BCUT2D eigenvalue weighted by Crippen LogP contribution is -2.03. The zero-order chi connectivity index (χ0) is 21.7. The minimum absolute atomic E-state index is 0.0202. The molecule has 0 radical (unpaired) electrons. The molecule has 1 aliphatic rings. The van der Waals surface area contributed by atoms with Crippen molar-refractivity contribution in [1.29, 1.82) is 0 Å². The first-order valence-corrected chi connectivity index (χ1v) is 9.96. The highest BCUT2D eigenvalue weighted by Crippen LogP contribution is 2.32. The van der Waals surface area contributed by atoms with Crippen LogP contribution in [0.15, 0.2) is 89.1 Å². The number of carbonyl (C=O) groups is 2. The van der Waals surface area contributed by atoms with Crippen LogP contribution < -0.4 is 0 Å². The summed E-state index contributed by atoms with van der Waals surface area (Å²) < 4.78 is 7.88. The molecule has 2 aromatic carbocycles. The van der Waals surface area contributed by atoms with E-state index in [2.05, 4.69) is 9.97 Å². The zero-order valence-electron chi connectivity index (χ0n) is 16.6. The van der Waals surface area contributed by atoms with Crippen LogP contribution >= 0.6 is 0 Å². The van der Waals surface area contributed by atoms with Crippen molar-refractivity contribution in [2.75, 3.05) is 0 Å². The van der Waals surface area contributed by atoms with Crippen molar-refractivity contribution in [3.05, 3.63) is 102 Å². The Hall–Kier alpha value is -4.65. The van der Waals surface area contributed by atoms with Gasteiger partial charge >= 0.3 is 0 Å². The number of oxazole rings is 1. The number of Topliss-reactive ketones (excluding diaryl/α,β-unsaturated/α-hetero) is 2. The number of allylic oxidation sites excluding steroid dienone is 1. The quantitative estimate of drug-likeness (QED) is 0.316. The van der Waals surface area contributed by atoms with Gasteiger partial charge < -0.3 is 4.42 Å². The van der Waals surface area contributed by atoms with Crippen molar-refractivity contribution in [2.45, 2.75) is 0 Å². The maximum Gasteiger partial charge on any atom is 0.228 e. The van der Waals surface area contributed by atoms with Crippen molar-refractivity contribution >= 4 is 28.9 Å². The summed E-state index contributed by atoms with van der Waals surface area (Å²) in [6, 6.07) is 21.0. The highest BCUT2D eigenvalue weighted by molar-refractivity contribution is 6.40. The van der Waals surface area contributed by atoms with E-state index in [0.29, 0.717) is 22.8 Å². The lowest BCUT2D eigenvalue weighted by Gasteiger charge is -2.07. The second kappa shape index (κ2) is 6.95. The molecule has 0 bridgehead atoms. The zero-order valence-corrected chi connectivity index (χ0v) is 16.6. The van der Waals surface area contributed by atoms with E-state index < -0.39 is 11.6 Å². The summed E-state index contributed by atoms with van der Waals surface area (Å²) in [7, 11) is 0. The fraction of sp³-hybridized carbons (Fsp3) is 0. The number of rotatable bonds is 3. The molecule has 32 heavy (non-hydrogen) atoms. The molecular weight excluding hydrogens is 404 g/mol. The van der Waals surface area contributed by atoms with E-state index in [9.17, 15) is 9.59 Å². The number of nitrogens with zero attached hydrogens (tertiary/aromatic N) is 4. The van der Waals surface area contributed by atoms with E-state index in [4.69, 9.17) is 9.40 Å². The van der Waals surface area contributed by atoms with Crippen LogP contribution in [0.1, 0.15) is 26.7 Å². The summed E-state index contributed by atoms with van der Waals surface area (Å²) in [6.45, 7) is 0. The number of benzene rings is 2. The number of fused-ring (bicyclic) bond motifs is 2. The summed E-state index contributed by atoms with van der Waals surface area (Å²) >= 11 is 0. The molecular formula is C25H14N4O3. The van der Waals surface area contributed by atoms with Crippen LogP contribution in [0, 0.1) is 0 Å². The van der Waals surface area contributed by atoms with Crippen LogP contribution in [0.5, 0.6) is 0 Å². The average molecular weight is 418 g/mol. The summed E-state index contributed by atoms with van der Waals surface area (Å²) in [5.74, 6) is -0.379. The van der Waals surface area contributed by atoms with Crippen molar-refractivity contribution < 1.29 is 14.0 Å². The SMILES string of the molecule is O=C1C(=Cc2cc3oc(-c4ccccc4)nc3n2-c2ccccc2)C(=O)c2nccnc21. The number of para-hydroxylation sites is 1. The van der Waals surface area contributed by atoms with Crippen LogP contribution in [-0.2, 0) is 0 Å². The average Bonchev–Trinajstić information content (AvgIpc) is 3.47. The Kier molecular flexibility index (Phi) is 3.94. The summed E-state index contributed by atoms with van der Waals surface area (Å²) in [6.07, 6.45) is 4.37. The van der Waals surface area contributed by atoms with Crippen molar-refractivity contribution in [2.24, 2.45) is 0 Å². The third-order valence-electron chi connectivity index (χ3n) is 5.33. The summed E-state index contributed by atoms with van der Waals surface area (Å²) in [5.41, 5.74) is 3.60. The molecule has 0 saturated heterocycles. The number of hydrogen-bond acceptors (Lipinski definition) is 6. The molecule has 3 heterocycles. The highest BCUT2D eigenvalue weighted by atomic mass is 16.3. The Morgan fingerprint density at radius 1 is 0.812 bits per heavy atom. The monoisotopic (exact) mass is 418 g/mol. The van der Waals surface area contributed by atoms with Gasteiger partial charge in [0.25, 0.3) is 0 Å². The Labute approximate surface area is 181 Å². The maximum absolute atomic E-state index is 12.8. The van der Waals surface area contributed by atoms with E-state index >= 15 is 0 Å². The van der Waals surface area contributed by atoms with E-state index in [1.807, 2.05) is 65.2 Å². The van der Waals surface area contributed by atoms with Crippen molar-refractivity contribution in [3.8, 4) is 17.1 Å². The van der Waals surface area contributed by atoms with Gasteiger partial charge in [0.1, 0.15) is 11.4 Å². The smallest absolute Gasteiger partial charge is 0.228 e. The Balaban J connectivity index is 1.55. The lowest BCUT2D eigenvalue weighted by molar-refractivity contribution is 0.0988. The molecule has 0 saturated carbocycles. The van der Waals surface area contributed by atoms with Gasteiger partial charge in [0.15, 0.2) is 11.2 Å². The summed E-state index contributed by atoms with van der Waals surface area (Å²) in [5, 5.41) is 0. The third-order valence-corrected chi connectivity index (χ3v) is 5.33. The second-order valence-electron chi connectivity index (χ2n) is 7.28. The first-order valence-electron chi connectivity index (χ1n) is 9.96. The Morgan fingerprint density at radius 2 is 1.44 bits per heavy atom. The fourth-order valence-corrected chi connectivity index (χ4v) is 3.87. The topological polar surface area (TPSA) is 90.9 Å². The molecule has 152 valence electrons. The van der Waals surface area contributed by atoms with Gasteiger partial charge in [-0.2, -0.15) is 4.98 Å². The number of hydrogen-bond donors (Lipinski definition) is 0. The van der Waals surface area contributed by atoms with E-state index in [0.717, 1.165) is 11.3 Å². The third kappa shape index (κ3) is 2.72. The Morgan fingerprint density at radius 3 is 2.09 bits per heavy atom. The molecule has 0 fully saturated rings. The normalized spacial score (nSPS) is 13.1. The van der Waals surface area contributed by atoms with Crippen LogP contribution in [0.2, 0.25) is 0 Å². The maximum atomic E-state index is 12.8. The minimum atomic E-state index is -0.437. The van der Waals surface area contributed by atoms with Crippen molar-refractivity contribution in [1.82, 2.24) is 19.5 Å². The molecule has 0 unspecified atom stereocenters. The second-order valence-corrected chi connectivity index (χ2v) is 7.28. The van der Waals surface area contributed by atoms with Gasteiger partial charge in [0.05, 0.1) is 11.3 Å². The number of ketones is 2. The standard InChI is InChI=1S/C25H14N4O3/c30-22-18(23(31)21-20(22)26-11-12-27-21)13-17-14-19-24(29(17)16-9-5-2-6-10-16)28-25(32-19)15-7-3-1-4-8-15/h1-14H. The van der Waals surface area contributed by atoms with Crippen LogP contribution in [0.4, 0.5) is 0 Å². The molecule has 7 heteroatoms. The van der Waals surface area contributed by atoms with E-state index in [1.54, 1.807) is 12.1 Å². The largest absolute Gasteiger partial charge is 0.434 e. The van der Waals surface area contributed by atoms with Crippen LogP contribution in [0.25, 0.3) is 34.4 Å². The molecule has 0 aliphatic heterocycles. The molecule has 3 aromatic heterocycles. The molecule has 0 N–H and O–H groups in total. The van der Waals surface area contributed by atoms with Gasteiger partial charge in [0.2, 0.25) is 17.5 Å². The molecule has 0 atom stereocenters. The fourth-order valence-electron chi connectivity index (χ4n) is 3.87. The molecule has 5 aromatic rings. The van der Waals surface area contributed by atoms with Gasteiger partial charge in [-0.05, 0) is 30.3 Å². The van der Waals surface area contributed by atoms with E-state index in [-0.39, 0.29) is 17.0 Å². The lowest BCUT2D eigenvalue weighted by atomic mass is 10.1. The van der Waals surface area contributed by atoms with E-state index in [1.165, 1.54) is 12.4 Å². The number of aromatic nitrogens is 4. The first-order chi connectivity index (χ1) is 15.7. The predicted molar refractivity (Wildman–Crippen MR) is 117 cm³/mol. The van der Waals surface area contributed by atoms with Gasteiger partial charge in [-0.3, -0.25) is 14.2 Å². The van der Waals surface area contributed by atoms with Crippen molar-refractivity contribution in [3.63, 3.8) is 0 Å². The first kappa shape index (κ1) is 18.1. The van der Waals surface area contributed by atoms with Gasteiger partial charge in [0, 0.05) is 29.7 Å². The van der Waals surface area contributed by atoms with Crippen LogP contribution in [0.3, 0.4) is 0 Å². The Bertz CT molecular complexity index is 1510. The number of carbonyl (C=O) groups excluding carboxylic acids is 2. The van der Waals surface area contributed by atoms with Gasteiger partial charge in [-0.25, -0.2) is 9.97 Å². The predicted octanol–water partition coefficient (Wildman–Crippen LogP) is 4.54. The van der Waals surface area contributed by atoms with Crippen LogP contribution in [-0.4, -0.2) is 31.1 Å². The minimum Gasteiger partial charge on any atom is -0.434 e.